The van der Waals surface area contributed by atoms with E-state index in [9.17, 15) is 9.59 Å². The highest BCUT2D eigenvalue weighted by Gasteiger charge is 2.16. The maximum Gasteiger partial charge on any atom is 0.326 e. The lowest BCUT2D eigenvalue weighted by molar-refractivity contribution is -0.145. The normalized spacial score (nSPS) is 10.6. The minimum Gasteiger partial charge on any atom is -0.459 e. The molecule has 0 aliphatic heterocycles. The predicted molar refractivity (Wildman–Crippen MR) is 114 cm³/mol. The highest BCUT2D eigenvalue weighted by Crippen LogP contribution is 2.20. The minimum absolute atomic E-state index is 0.0670. The lowest BCUT2D eigenvalue weighted by Gasteiger charge is -2.15. The van der Waals surface area contributed by atoms with E-state index in [2.05, 4.69) is 10.3 Å². The zero-order valence-electron chi connectivity index (χ0n) is 16.3. The molecule has 0 saturated carbocycles. The van der Waals surface area contributed by atoms with Crippen LogP contribution in [0.1, 0.15) is 23.7 Å². The number of para-hydroxylation sites is 1. The monoisotopic (exact) mass is 411 g/mol. The zero-order valence-corrected chi connectivity index (χ0v) is 17.1. The Morgan fingerprint density at radius 2 is 1.83 bits per heavy atom. The topological polar surface area (TPSA) is 73.2 Å². The van der Waals surface area contributed by atoms with Crippen molar-refractivity contribution in [1.29, 1.82) is 0 Å². The summed E-state index contributed by atoms with van der Waals surface area (Å²) in [6, 6.07) is 17.0. The van der Waals surface area contributed by atoms with Gasteiger partial charge in [-0.25, -0.2) is 4.98 Å². The third-order valence-electron chi connectivity index (χ3n) is 4.54. The fourth-order valence-electron chi connectivity index (χ4n) is 2.88. The summed E-state index contributed by atoms with van der Waals surface area (Å²) in [7, 11) is 0. The number of carbonyl (C=O) groups excluding carboxylic acids is 1. The first-order chi connectivity index (χ1) is 14.0. The van der Waals surface area contributed by atoms with Gasteiger partial charge in [0, 0.05) is 5.69 Å². The second kappa shape index (κ2) is 9.39. The molecule has 0 amide bonds. The number of hydrogen-bond acceptors (Lipinski definition) is 5. The highest BCUT2D eigenvalue weighted by molar-refractivity contribution is 6.30. The maximum absolute atomic E-state index is 12.9. The van der Waals surface area contributed by atoms with Crippen LogP contribution in [0.25, 0.3) is 0 Å². The van der Waals surface area contributed by atoms with Gasteiger partial charge in [-0.2, -0.15) is 0 Å². The van der Waals surface area contributed by atoms with Gasteiger partial charge in [0.15, 0.2) is 11.0 Å². The van der Waals surface area contributed by atoms with E-state index in [0.717, 1.165) is 23.2 Å². The molecule has 3 aromatic rings. The average Bonchev–Trinajstić information content (AvgIpc) is 2.74. The van der Waals surface area contributed by atoms with E-state index in [0.29, 0.717) is 5.69 Å². The van der Waals surface area contributed by atoms with Crippen LogP contribution in [-0.2, 0) is 29.1 Å². The van der Waals surface area contributed by atoms with Gasteiger partial charge in [0.1, 0.15) is 13.2 Å². The van der Waals surface area contributed by atoms with Gasteiger partial charge in [-0.05, 0) is 30.5 Å². The van der Waals surface area contributed by atoms with Crippen molar-refractivity contribution >= 4 is 29.1 Å². The minimum atomic E-state index is -0.527. The first-order valence-corrected chi connectivity index (χ1v) is 9.68. The molecule has 0 aliphatic carbocycles. The van der Waals surface area contributed by atoms with Crippen LogP contribution in [0.5, 0.6) is 0 Å². The molecule has 7 heteroatoms. The summed E-state index contributed by atoms with van der Waals surface area (Å²) in [5.74, 6) is -0.460. The van der Waals surface area contributed by atoms with Crippen molar-refractivity contribution in [3.05, 3.63) is 86.9 Å². The van der Waals surface area contributed by atoms with Crippen LogP contribution in [0, 0.1) is 6.92 Å². The predicted octanol–water partition coefficient (Wildman–Crippen LogP) is 4.25. The number of aryl methyl sites for hydroxylation is 1. The van der Waals surface area contributed by atoms with Gasteiger partial charge in [0.05, 0.1) is 5.69 Å². The number of halogens is 1. The molecule has 0 atom stereocenters. The third-order valence-corrected chi connectivity index (χ3v) is 4.90. The van der Waals surface area contributed by atoms with E-state index in [1.165, 1.54) is 4.57 Å². The Balaban J connectivity index is 1.81. The average molecular weight is 412 g/mol. The quantitative estimate of drug-likeness (QED) is 0.588. The summed E-state index contributed by atoms with van der Waals surface area (Å²) in [4.78, 5) is 29.4. The SMILES string of the molecule is CCc1ccccc1Nc1nc(Cl)c(C)n(CC(=O)OCc2ccccc2)c1=O. The fourth-order valence-corrected chi connectivity index (χ4v) is 3.07. The van der Waals surface area contributed by atoms with Crippen molar-refractivity contribution in [2.45, 2.75) is 33.4 Å². The summed E-state index contributed by atoms with van der Waals surface area (Å²) in [6.45, 7) is 3.56. The summed E-state index contributed by atoms with van der Waals surface area (Å²) in [5, 5.41) is 3.20. The van der Waals surface area contributed by atoms with Crippen molar-refractivity contribution in [2.75, 3.05) is 5.32 Å². The molecule has 3 rings (SSSR count). The largest absolute Gasteiger partial charge is 0.459 e. The lowest BCUT2D eigenvalue weighted by atomic mass is 10.1. The number of aromatic nitrogens is 2. The van der Waals surface area contributed by atoms with Gasteiger partial charge in [-0.15, -0.1) is 0 Å². The van der Waals surface area contributed by atoms with Gasteiger partial charge in [0.25, 0.3) is 5.56 Å². The molecule has 1 aromatic heterocycles. The Hall–Kier alpha value is -3.12. The molecular weight excluding hydrogens is 390 g/mol. The Kier molecular flexibility index (Phi) is 6.67. The number of nitrogens with one attached hydrogen (secondary N) is 1. The molecule has 0 unspecified atom stereocenters. The van der Waals surface area contributed by atoms with E-state index < -0.39 is 11.5 Å². The summed E-state index contributed by atoms with van der Waals surface area (Å²) < 4.78 is 6.57. The van der Waals surface area contributed by atoms with Gasteiger partial charge >= 0.3 is 5.97 Å². The number of anilines is 2. The molecule has 1 heterocycles. The highest BCUT2D eigenvalue weighted by atomic mass is 35.5. The van der Waals surface area contributed by atoms with Crippen LogP contribution in [0.15, 0.2) is 59.4 Å². The van der Waals surface area contributed by atoms with Crippen molar-refractivity contribution in [3.63, 3.8) is 0 Å². The number of benzene rings is 2. The van der Waals surface area contributed by atoms with Crippen LogP contribution in [-0.4, -0.2) is 15.5 Å². The molecule has 29 heavy (non-hydrogen) atoms. The van der Waals surface area contributed by atoms with E-state index in [-0.39, 0.29) is 24.1 Å². The van der Waals surface area contributed by atoms with Gasteiger partial charge in [0.2, 0.25) is 0 Å². The number of esters is 1. The number of nitrogens with zero attached hydrogens (tertiary/aromatic N) is 2. The van der Waals surface area contributed by atoms with Gasteiger partial charge in [-0.3, -0.25) is 14.2 Å². The summed E-state index contributed by atoms with van der Waals surface area (Å²) in [5.41, 5.74) is 2.66. The number of rotatable bonds is 7. The van der Waals surface area contributed by atoms with Crippen LogP contribution in [0.2, 0.25) is 5.15 Å². The van der Waals surface area contributed by atoms with Crippen molar-refractivity contribution < 1.29 is 9.53 Å². The number of ether oxygens (including phenoxy) is 1. The summed E-state index contributed by atoms with van der Waals surface area (Å²) in [6.07, 6.45) is 0.794. The Bertz CT molecular complexity index is 1060. The molecule has 2 aromatic carbocycles. The van der Waals surface area contributed by atoms with Crippen molar-refractivity contribution in [2.24, 2.45) is 0 Å². The molecule has 0 radical (unpaired) electrons. The molecule has 0 aliphatic rings. The molecule has 0 spiro atoms. The second-order valence-corrected chi connectivity index (χ2v) is 6.87. The first-order valence-electron chi connectivity index (χ1n) is 9.31. The number of hydrogen-bond donors (Lipinski definition) is 1. The van der Waals surface area contributed by atoms with Crippen LogP contribution in [0.4, 0.5) is 11.5 Å². The third kappa shape index (κ3) is 5.03. The molecule has 0 saturated heterocycles. The van der Waals surface area contributed by atoms with Crippen LogP contribution < -0.4 is 10.9 Å². The molecule has 6 nitrogen and oxygen atoms in total. The Morgan fingerprint density at radius 3 is 2.55 bits per heavy atom. The smallest absolute Gasteiger partial charge is 0.326 e. The van der Waals surface area contributed by atoms with Crippen LogP contribution in [0.3, 0.4) is 0 Å². The number of carbonyl (C=O) groups is 1. The Labute approximate surface area is 174 Å². The van der Waals surface area contributed by atoms with Crippen LogP contribution >= 0.6 is 11.6 Å². The van der Waals surface area contributed by atoms with Gasteiger partial charge < -0.3 is 10.1 Å². The fraction of sp³-hybridized carbons (Fsp3) is 0.227. The molecule has 0 fully saturated rings. The van der Waals surface area contributed by atoms with E-state index in [1.54, 1.807) is 6.92 Å². The summed E-state index contributed by atoms with van der Waals surface area (Å²) >= 11 is 6.22. The van der Waals surface area contributed by atoms with Crippen molar-refractivity contribution in [1.82, 2.24) is 9.55 Å². The first kappa shape index (κ1) is 20.6. The molecule has 150 valence electrons. The lowest BCUT2D eigenvalue weighted by Crippen LogP contribution is -2.30. The molecule has 1 N–H and O–H groups in total. The molecular formula is C22H22ClN3O3. The van der Waals surface area contributed by atoms with E-state index in [4.69, 9.17) is 16.3 Å². The standard InChI is InChI=1S/C22H22ClN3O3/c1-3-17-11-7-8-12-18(17)24-21-22(28)26(15(2)20(23)25-21)13-19(27)29-14-16-9-5-4-6-10-16/h4-12H,3,13-14H2,1-2H3,(H,24,25). The van der Waals surface area contributed by atoms with E-state index >= 15 is 0 Å². The van der Waals surface area contributed by atoms with E-state index in [1.807, 2.05) is 61.5 Å². The Morgan fingerprint density at radius 1 is 1.14 bits per heavy atom. The molecule has 0 bridgehead atoms. The van der Waals surface area contributed by atoms with Crippen molar-refractivity contribution in [3.8, 4) is 0 Å². The maximum atomic E-state index is 12.9. The zero-order chi connectivity index (χ0) is 20.8. The van der Waals surface area contributed by atoms with Gasteiger partial charge in [-0.1, -0.05) is 67.1 Å². The second-order valence-electron chi connectivity index (χ2n) is 6.51.